The number of amides is 1. The Bertz CT molecular complexity index is 989. The molecule has 0 aliphatic carbocycles. The summed E-state index contributed by atoms with van der Waals surface area (Å²) in [5, 5.41) is 10.6. The number of aromatic hydroxyl groups is 1. The Morgan fingerprint density at radius 3 is 2.52 bits per heavy atom. The summed E-state index contributed by atoms with van der Waals surface area (Å²) in [7, 11) is 0. The number of hydrogen-bond acceptors (Lipinski definition) is 4. The highest BCUT2D eigenvalue weighted by Gasteiger charge is 2.15. The molecule has 0 saturated carbocycles. The van der Waals surface area contributed by atoms with Crippen molar-refractivity contribution < 1.29 is 14.3 Å². The summed E-state index contributed by atoms with van der Waals surface area (Å²) in [6.07, 6.45) is 2.42. The lowest BCUT2D eigenvalue weighted by Gasteiger charge is -2.34. The van der Waals surface area contributed by atoms with E-state index in [-0.39, 0.29) is 11.7 Å². The number of piperazine rings is 1. The van der Waals surface area contributed by atoms with Gasteiger partial charge in [0.25, 0.3) is 0 Å². The van der Waals surface area contributed by atoms with Gasteiger partial charge in [-0.1, -0.05) is 0 Å². The molecule has 1 amide bonds. The molecule has 2 aromatic carbocycles. The molecule has 1 aliphatic rings. The first kappa shape index (κ1) is 17.1. The fraction of sp³-hybridized carbons (Fsp3) is 0.200. The van der Waals surface area contributed by atoms with Gasteiger partial charge in [-0.3, -0.25) is 9.79 Å². The molecule has 3 aromatic rings. The van der Waals surface area contributed by atoms with Gasteiger partial charge in [-0.05, 0) is 42.5 Å². The molecule has 6 nitrogen and oxygen atoms in total. The van der Waals surface area contributed by atoms with Gasteiger partial charge in [0.2, 0.25) is 6.41 Å². The number of fused-ring (bicyclic) bond motifs is 1. The molecule has 7 heteroatoms. The van der Waals surface area contributed by atoms with Gasteiger partial charge in [-0.15, -0.1) is 0 Å². The SMILES string of the molecule is O=CN1CCN(c2ccc(N=Cc3c(O)[nH]c4ccc(F)cc34)cc2)CC1. The second-order valence-corrected chi connectivity index (χ2v) is 6.48. The number of anilines is 1. The molecule has 2 heterocycles. The first-order valence-corrected chi connectivity index (χ1v) is 8.72. The average molecular weight is 366 g/mol. The summed E-state index contributed by atoms with van der Waals surface area (Å²) in [4.78, 5) is 22.0. The van der Waals surface area contributed by atoms with E-state index >= 15 is 0 Å². The molecule has 1 aliphatic heterocycles. The van der Waals surface area contributed by atoms with E-state index in [0.717, 1.165) is 44.0 Å². The number of nitrogens with zero attached hydrogens (tertiary/aromatic N) is 3. The van der Waals surface area contributed by atoms with E-state index in [1.54, 1.807) is 11.0 Å². The van der Waals surface area contributed by atoms with E-state index in [2.05, 4.69) is 14.9 Å². The van der Waals surface area contributed by atoms with Crippen LogP contribution in [0.15, 0.2) is 47.5 Å². The molecule has 2 N–H and O–H groups in total. The smallest absolute Gasteiger partial charge is 0.209 e. The fourth-order valence-electron chi connectivity index (χ4n) is 3.28. The molecule has 0 bridgehead atoms. The molecule has 27 heavy (non-hydrogen) atoms. The van der Waals surface area contributed by atoms with E-state index < -0.39 is 0 Å². The number of rotatable bonds is 4. The Hall–Kier alpha value is -3.35. The largest absolute Gasteiger partial charge is 0.494 e. The van der Waals surface area contributed by atoms with Crippen LogP contribution in [0.25, 0.3) is 10.9 Å². The van der Waals surface area contributed by atoms with Gasteiger partial charge in [0.15, 0.2) is 5.88 Å². The third-order valence-electron chi connectivity index (χ3n) is 4.80. The fourth-order valence-corrected chi connectivity index (χ4v) is 3.28. The van der Waals surface area contributed by atoms with Gasteiger partial charge >= 0.3 is 0 Å². The standard InChI is InChI=1S/C20H19FN4O2/c21-14-1-6-19-17(11-14)18(20(27)23-19)12-22-15-2-4-16(5-3-15)25-9-7-24(13-26)8-10-25/h1-6,11-13,23,27H,7-10H2. The number of aliphatic imine (C=N–C) groups is 1. The maximum atomic E-state index is 13.5. The zero-order valence-corrected chi connectivity index (χ0v) is 14.6. The van der Waals surface area contributed by atoms with Crippen LogP contribution in [0.3, 0.4) is 0 Å². The van der Waals surface area contributed by atoms with Crippen molar-refractivity contribution in [1.29, 1.82) is 0 Å². The molecule has 1 fully saturated rings. The van der Waals surface area contributed by atoms with Crippen LogP contribution in [0.2, 0.25) is 0 Å². The molecule has 4 rings (SSSR count). The number of carbonyl (C=O) groups is 1. The highest BCUT2D eigenvalue weighted by atomic mass is 19.1. The summed E-state index contributed by atoms with van der Waals surface area (Å²) in [5.74, 6) is -0.404. The molecule has 0 spiro atoms. The predicted octanol–water partition coefficient (Wildman–Crippen LogP) is 3.04. The normalized spacial score (nSPS) is 15.0. The maximum Gasteiger partial charge on any atom is 0.209 e. The van der Waals surface area contributed by atoms with Crippen LogP contribution in [-0.2, 0) is 4.79 Å². The summed E-state index contributed by atoms with van der Waals surface area (Å²) in [6.45, 7) is 3.05. The molecule has 138 valence electrons. The number of aromatic nitrogens is 1. The van der Waals surface area contributed by atoms with Gasteiger partial charge in [0, 0.05) is 49.0 Å². The highest BCUT2D eigenvalue weighted by Crippen LogP contribution is 2.27. The van der Waals surface area contributed by atoms with Crippen LogP contribution >= 0.6 is 0 Å². The van der Waals surface area contributed by atoms with Crippen molar-refractivity contribution >= 4 is 34.9 Å². The average Bonchev–Trinajstić information content (AvgIpc) is 3.01. The quantitative estimate of drug-likeness (QED) is 0.551. The molecule has 0 atom stereocenters. The first-order valence-electron chi connectivity index (χ1n) is 8.72. The third kappa shape index (κ3) is 3.48. The third-order valence-corrected chi connectivity index (χ3v) is 4.80. The number of aromatic amines is 1. The summed E-state index contributed by atoms with van der Waals surface area (Å²) in [6, 6.07) is 12.0. The summed E-state index contributed by atoms with van der Waals surface area (Å²) < 4.78 is 13.5. The van der Waals surface area contributed by atoms with E-state index in [4.69, 9.17) is 0 Å². The van der Waals surface area contributed by atoms with Gasteiger partial charge in [-0.2, -0.15) is 0 Å². The Morgan fingerprint density at radius 2 is 1.81 bits per heavy atom. The topological polar surface area (TPSA) is 71.9 Å². The molecular formula is C20H19FN4O2. The van der Waals surface area contributed by atoms with Crippen molar-refractivity contribution in [1.82, 2.24) is 9.88 Å². The number of carbonyl (C=O) groups excluding carboxylic acids is 1. The summed E-state index contributed by atoms with van der Waals surface area (Å²) in [5.41, 5.74) is 2.92. The van der Waals surface area contributed by atoms with E-state index in [1.807, 2.05) is 24.3 Å². The molecule has 1 saturated heterocycles. The molecule has 1 aromatic heterocycles. The van der Waals surface area contributed by atoms with Crippen LogP contribution in [0, 0.1) is 5.82 Å². The van der Waals surface area contributed by atoms with Crippen LogP contribution in [0.1, 0.15) is 5.56 Å². The first-order chi connectivity index (χ1) is 13.1. The van der Waals surface area contributed by atoms with Gasteiger partial charge < -0.3 is 19.9 Å². The Kier molecular flexibility index (Phi) is 4.50. The molecular weight excluding hydrogens is 347 g/mol. The summed E-state index contributed by atoms with van der Waals surface area (Å²) >= 11 is 0. The number of H-pyrrole nitrogens is 1. The lowest BCUT2D eigenvalue weighted by atomic mass is 10.2. The minimum absolute atomic E-state index is 0.0379. The van der Waals surface area contributed by atoms with Crippen molar-refractivity contribution in [3.8, 4) is 5.88 Å². The minimum Gasteiger partial charge on any atom is -0.494 e. The Morgan fingerprint density at radius 1 is 1.07 bits per heavy atom. The van der Waals surface area contributed by atoms with Crippen molar-refractivity contribution in [3.05, 3.63) is 53.8 Å². The number of hydrogen-bond donors (Lipinski definition) is 2. The predicted molar refractivity (Wildman–Crippen MR) is 103 cm³/mol. The number of halogens is 1. The van der Waals surface area contributed by atoms with Crippen LogP contribution in [-0.4, -0.2) is 53.8 Å². The lowest BCUT2D eigenvalue weighted by molar-refractivity contribution is -0.118. The minimum atomic E-state index is -0.366. The zero-order chi connectivity index (χ0) is 18.8. The Balaban J connectivity index is 1.51. The van der Waals surface area contributed by atoms with Gasteiger partial charge in [0.05, 0.1) is 11.3 Å². The number of benzene rings is 2. The van der Waals surface area contributed by atoms with Gasteiger partial charge in [0.1, 0.15) is 5.82 Å². The van der Waals surface area contributed by atoms with Crippen LogP contribution in [0.5, 0.6) is 5.88 Å². The lowest BCUT2D eigenvalue weighted by Crippen LogP contribution is -2.45. The van der Waals surface area contributed by atoms with Crippen molar-refractivity contribution in [3.63, 3.8) is 0 Å². The van der Waals surface area contributed by atoms with Crippen LogP contribution < -0.4 is 4.90 Å². The van der Waals surface area contributed by atoms with Gasteiger partial charge in [-0.25, -0.2) is 4.39 Å². The van der Waals surface area contributed by atoms with E-state index in [1.165, 1.54) is 18.3 Å². The van der Waals surface area contributed by atoms with Crippen molar-refractivity contribution in [2.45, 2.75) is 0 Å². The zero-order valence-electron chi connectivity index (χ0n) is 14.6. The molecule has 0 radical (unpaired) electrons. The highest BCUT2D eigenvalue weighted by molar-refractivity contribution is 6.02. The van der Waals surface area contributed by atoms with Crippen molar-refractivity contribution in [2.24, 2.45) is 4.99 Å². The number of nitrogens with one attached hydrogen (secondary N) is 1. The maximum absolute atomic E-state index is 13.5. The van der Waals surface area contributed by atoms with Crippen molar-refractivity contribution in [2.75, 3.05) is 31.1 Å². The second-order valence-electron chi connectivity index (χ2n) is 6.48. The van der Waals surface area contributed by atoms with Crippen LogP contribution in [0.4, 0.5) is 15.8 Å². The second kappa shape index (κ2) is 7.11. The van der Waals surface area contributed by atoms with E-state index in [0.29, 0.717) is 16.5 Å². The molecule has 0 unspecified atom stereocenters. The Labute approximate surface area is 155 Å². The monoisotopic (exact) mass is 366 g/mol. The van der Waals surface area contributed by atoms with E-state index in [9.17, 15) is 14.3 Å².